The predicted molar refractivity (Wildman–Crippen MR) is 112 cm³/mol. The van der Waals surface area contributed by atoms with Crippen LogP contribution in [-0.4, -0.2) is 68.6 Å². The third-order valence-electron chi connectivity index (χ3n) is 4.89. The summed E-state index contributed by atoms with van der Waals surface area (Å²) in [5, 5.41) is 7.35. The monoisotopic (exact) mass is 378 g/mol. The Labute approximate surface area is 163 Å². The summed E-state index contributed by atoms with van der Waals surface area (Å²) in [5.41, 5.74) is 0.102. The van der Waals surface area contributed by atoms with E-state index >= 15 is 0 Å². The van der Waals surface area contributed by atoms with Crippen LogP contribution in [0, 0.1) is 0 Å². The third-order valence-corrected chi connectivity index (χ3v) is 6.00. The van der Waals surface area contributed by atoms with Gasteiger partial charge in [-0.05, 0) is 46.0 Å². The van der Waals surface area contributed by atoms with Gasteiger partial charge in [0, 0.05) is 42.0 Å². The van der Waals surface area contributed by atoms with Gasteiger partial charge in [-0.1, -0.05) is 25.1 Å². The van der Waals surface area contributed by atoms with Gasteiger partial charge in [0.2, 0.25) is 0 Å². The molecule has 1 aliphatic rings. The third kappa shape index (κ3) is 6.49. The standard InChI is InChI=1S/C20H34N4OS/c1-5-21-19(22-15-17(2)26-18-9-7-6-8-10-18)23-16-20(24(3)4)11-13-25-14-12-20/h6-10,17H,5,11-16H2,1-4H3,(H2,21,22,23). The minimum absolute atomic E-state index is 0.102. The average molecular weight is 379 g/mol. The van der Waals surface area contributed by atoms with E-state index in [0.29, 0.717) is 5.25 Å². The lowest BCUT2D eigenvalue weighted by Crippen LogP contribution is -2.52. The fraction of sp³-hybridized carbons (Fsp3) is 0.650. The molecule has 2 N–H and O–H groups in total. The number of rotatable bonds is 8. The molecule has 1 aromatic carbocycles. The predicted octanol–water partition coefficient (Wildman–Crippen LogP) is 2.83. The molecule has 1 aliphatic heterocycles. The summed E-state index contributed by atoms with van der Waals surface area (Å²) in [6.45, 7) is 8.53. The van der Waals surface area contributed by atoms with E-state index in [0.717, 1.165) is 51.6 Å². The van der Waals surface area contributed by atoms with Crippen LogP contribution in [-0.2, 0) is 4.74 Å². The molecule has 1 aromatic rings. The summed E-state index contributed by atoms with van der Waals surface area (Å²) >= 11 is 1.88. The van der Waals surface area contributed by atoms with Crippen LogP contribution < -0.4 is 10.6 Å². The van der Waals surface area contributed by atoms with Gasteiger partial charge in [-0.2, -0.15) is 0 Å². The molecule has 0 radical (unpaired) electrons. The van der Waals surface area contributed by atoms with Crippen molar-refractivity contribution in [1.29, 1.82) is 0 Å². The lowest BCUT2D eigenvalue weighted by atomic mass is 9.89. The molecule has 146 valence electrons. The van der Waals surface area contributed by atoms with Crippen molar-refractivity contribution in [3.05, 3.63) is 30.3 Å². The molecule has 2 rings (SSSR count). The Morgan fingerprint density at radius 2 is 1.92 bits per heavy atom. The number of likely N-dealkylation sites (N-methyl/N-ethyl adjacent to an activating group) is 1. The second-order valence-corrected chi connectivity index (χ2v) is 8.56. The Bertz CT molecular complexity index is 544. The summed E-state index contributed by atoms with van der Waals surface area (Å²) in [6, 6.07) is 10.5. The normalized spacial score (nSPS) is 18.6. The number of nitrogens with zero attached hydrogens (tertiary/aromatic N) is 2. The summed E-state index contributed by atoms with van der Waals surface area (Å²) in [5.74, 6) is 0.903. The van der Waals surface area contributed by atoms with E-state index < -0.39 is 0 Å². The number of aliphatic imine (C=N–C) groups is 1. The van der Waals surface area contributed by atoms with E-state index in [4.69, 9.17) is 9.73 Å². The second kappa shape index (κ2) is 10.8. The van der Waals surface area contributed by atoms with Gasteiger partial charge in [0.1, 0.15) is 0 Å². The van der Waals surface area contributed by atoms with Gasteiger partial charge in [0.05, 0.1) is 6.54 Å². The Balaban J connectivity index is 1.91. The van der Waals surface area contributed by atoms with E-state index in [1.807, 2.05) is 11.8 Å². The first-order chi connectivity index (χ1) is 12.6. The molecule has 5 nitrogen and oxygen atoms in total. The molecule has 1 saturated heterocycles. The molecule has 1 unspecified atom stereocenters. The lowest BCUT2D eigenvalue weighted by Gasteiger charge is -2.41. The maximum absolute atomic E-state index is 5.56. The first-order valence-electron chi connectivity index (χ1n) is 9.55. The number of hydrogen-bond donors (Lipinski definition) is 2. The SMILES string of the molecule is CCNC(=NCC1(N(C)C)CCOCC1)NCC(C)Sc1ccccc1. The smallest absolute Gasteiger partial charge is 0.191 e. The summed E-state index contributed by atoms with van der Waals surface area (Å²) in [7, 11) is 4.31. The van der Waals surface area contributed by atoms with Crippen molar-refractivity contribution in [2.24, 2.45) is 4.99 Å². The van der Waals surface area contributed by atoms with Gasteiger partial charge in [-0.3, -0.25) is 4.99 Å². The fourth-order valence-corrected chi connectivity index (χ4v) is 4.03. The quantitative estimate of drug-likeness (QED) is 0.414. The highest BCUT2D eigenvalue weighted by molar-refractivity contribution is 8.00. The Hall–Kier alpha value is -1.24. The van der Waals surface area contributed by atoms with Crippen molar-refractivity contribution in [3.63, 3.8) is 0 Å². The molecule has 1 fully saturated rings. The van der Waals surface area contributed by atoms with Crippen LogP contribution in [0.3, 0.4) is 0 Å². The fourth-order valence-electron chi connectivity index (χ4n) is 3.08. The average Bonchev–Trinajstić information content (AvgIpc) is 2.65. The topological polar surface area (TPSA) is 48.9 Å². The number of benzene rings is 1. The van der Waals surface area contributed by atoms with Crippen molar-refractivity contribution >= 4 is 17.7 Å². The molecule has 0 spiro atoms. The van der Waals surface area contributed by atoms with E-state index in [-0.39, 0.29) is 5.54 Å². The van der Waals surface area contributed by atoms with Crippen LogP contribution >= 0.6 is 11.8 Å². The summed E-state index contributed by atoms with van der Waals surface area (Å²) in [6.07, 6.45) is 2.06. The van der Waals surface area contributed by atoms with E-state index in [1.165, 1.54) is 4.90 Å². The molecule has 1 atom stereocenters. The number of guanidine groups is 1. The van der Waals surface area contributed by atoms with E-state index in [9.17, 15) is 0 Å². The highest BCUT2D eigenvalue weighted by Gasteiger charge is 2.34. The van der Waals surface area contributed by atoms with E-state index in [2.05, 4.69) is 73.8 Å². The van der Waals surface area contributed by atoms with Gasteiger partial charge < -0.3 is 20.3 Å². The molecular formula is C20H34N4OS. The van der Waals surface area contributed by atoms with Crippen LogP contribution in [0.2, 0.25) is 0 Å². The second-order valence-electron chi connectivity index (χ2n) is 7.05. The van der Waals surface area contributed by atoms with Crippen molar-refractivity contribution in [3.8, 4) is 0 Å². The molecule has 6 heteroatoms. The molecule has 0 aliphatic carbocycles. The van der Waals surface area contributed by atoms with Crippen molar-refractivity contribution in [2.75, 3.05) is 46.9 Å². The van der Waals surface area contributed by atoms with Crippen molar-refractivity contribution in [2.45, 2.75) is 42.4 Å². The van der Waals surface area contributed by atoms with Gasteiger partial charge in [-0.25, -0.2) is 0 Å². The highest BCUT2D eigenvalue weighted by atomic mass is 32.2. The summed E-state index contributed by atoms with van der Waals surface area (Å²) < 4.78 is 5.56. The minimum Gasteiger partial charge on any atom is -0.381 e. The van der Waals surface area contributed by atoms with Gasteiger partial charge in [-0.15, -0.1) is 11.8 Å². The van der Waals surface area contributed by atoms with Crippen molar-refractivity contribution < 1.29 is 4.74 Å². The highest BCUT2D eigenvalue weighted by Crippen LogP contribution is 2.26. The van der Waals surface area contributed by atoms with Crippen LogP contribution in [0.5, 0.6) is 0 Å². The van der Waals surface area contributed by atoms with Crippen LogP contribution in [0.25, 0.3) is 0 Å². The number of nitrogens with one attached hydrogen (secondary N) is 2. The molecule has 1 heterocycles. The zero-order chi connectivity index (χ0) is 18.8. The first-order valence-corrected chi connectivity index (χ1v) is 10.4. The molecule has 0 saturated carbocycles. The van der Waals surface area contributed by atoms with Crippen molar-refractivity contribution in [1.82, 2.24) is 15.5 Å². The van der Waals surface area contributed by atoms with Gasteiger partial charge in [0.15, 0.2) is 5.96 Å². The maximum atomic E-state index is 5.56. The lowest BCUT2D eigenvalue weighted by molar-refractivity contribution is -0.00254. The zero-order valence-corrected chi connectivity index (χ0v) is 17.4. The van der Waals surface area contributed by atoms with Gasteiger partial charge >= 0.3 is 0 Å². The van der Waals surface area contributed by atoms with Crippen LogP contribution in [0.15, 0.2) is 40.2 Å². The largest absolute Gasteiger partial charge is 0.381 e. The Morgan fingerprint density at radius 1 is 1.23 bits per heavy atom. The number of thioether (sulfide) groups is 1. The van der Waals surface area contributed by atoms with Crippen LogP contribution in [0.4, 0.5) is 0 Å². The Kier molecular flexibility index (Phi) is 8.75. The minimum atomic E-state index is 0.102. The molecular weight excluding hydrogens is 344 g/mol. The summed E-state index contributed by atoms with van der Waals surface area (Å²) in [4.78, 5) is 8.52. The Morgan fingerprint density at radius 3 is 2.54 bits per heavy atom. The first kappa shape index (κ1) is 21.1. The maximum Gasteiger partial charge on any atom is 0.191 e. The molecule has 0 bridgehead atoms. The number of hydrogen-bond acceptors (Lipinski definition) is 4. The molecule has 0 aromatic heterocycles. The molecule has 26 heavy (non-hydrogen) atoms. The van der Waals surface area contributed by atoms with E-state index in [1.54, 1.807) is 0 Å². The zero-order valence-electron chi connectivity index (χ0n) is 16.6. The molecule has 0 amide bonds. The van der Waals surface area contributed by atoms with Crippen LogP contribution in [0.1, 0.15) is 26.7 Å². The van der Waals surface area contributed by atoms with Gasteiger partial charge in [0.25, 0.3) is 0 Å². The number of ether oxygens (including phenoxy) is 1.